The van der Waals surface area contributed by atoms with Crippen LogP contribution < -0.4 is 15.8 Å². The zero-order valence-corrected chi connectivity index (χ0v) is 12.3. The largest absolute Gasteiger partial charge is 0.491 e. The molecule has 1 aromatic carbocycles. The number of aliphatic hydroxyl groups excluding tert-OH is 1. The Morgan fingerprint density at radius 2 is 2.15 bits per heavy atom. The average molecular weight is 280 g/mol. The molecule has 20 heavy (non-hydrogen) atoms. The molecule has 0 aromatic heterocycles. The van der Waals surface area contributed by atoms with Crippen molar-refractivity contribution in [1.82, 2.24) is 5.32 Å². The van der Waals surface area contributed by atoms with Crippen LogP contribution in [0.25, 0.3) is 0 Å². The van der Waals surface area contributed by atoms with Gasteiger partial charge in [-0.15, -0.1) is 0 Å². The summed E-state index contributed by atoms with van der Waals surface area (Å²) in [7, 11) is 0. The number of hydrogen-bond acceptors (Lipinski definition) is 4. The second-order valence-electron chi connectivity index (χ2n) is 5.15. The molecule has 1 aromatic rings. The number of nitrogens with one attached hydrogen (secondary N) is 1. The van der Waals surface area contributed by atoms with Crippen LogP contribution in [0.1, 0.15) is 37.6 Å². The van der Waals surface area contributed by atoms with Crippen molar-refractivity contribution in [3.8, 4) is 5.75 Å². The molecule has 1 rings (SSSR count). The van der Waals surface area contributed by atoms with Gasteiger partial charge in [-0.1, -0.05) is 19.9 Å². The molecule has 1 amide bonds. The Bertz CT molecular complexity index is 447. The topological polar surface area (TPSA) is 84.6 Å². The van der Waals surface area contributed by atoms with Gasteiger partial charge in [0.25, 0.3) is 5.91 Å². The van der Waals surface area contributed by atoms with Gasteiger partial charge in [0.05, 0.1) is 24.0 Å². The van der Waals surface area contributed by atoms with Crippen molar-refractivity contribution in [1.29, 1.82) is 0 Å². The number of benzene rings is 1. The van der Waals surface area contributed by atoms with E-state index in [9.17, 15) is 9.90 Å². The van der Waals surface area contributed by atoms with Gasteiger partial charge in [-0.2, -0.15) is 0 Å². The monoisotopic (exact) mass is 280 g/mol. The SMILES string of the molecule is CCOc1c(N)cccc1C(=O)NCC(O)CC(C)C. The Balaban J connectivity index is 2.70. The molecule has 0 aliphatic heterocycles. The van der Waals surface area contributed by atoms with E-state index in [1.165, 1.54) is 0 Å². The third kappa shape index (κ3) is 4.74. The predicted molar refractivity (Wildman–Crippen MR) is 79.8 cm³/mol. The lowest BCUT2D eigenvalue weighted by Gasteiger charge is -2.16. The Kier molecular flexibility index (Phi) is 6.31. The summed E-state index contributed by atoms with van der Waals surface area (Å²) in [5.41, 5.74) is 6.64. The van der Waals surface area contributed by atoms with E-state index in [1.807, 2.05) is 20.8 Å². The molecule has 5 nitrogen and oxygen atoms in total. The van der Waals surface area contributed by atoms with E-state index >= 15 is 0 Å². The van der Waals surface area contributed by atoms with Crippen LogP contribution in [0.5, 0.6) is 5.75 Å². The molecule has 112 valence electrons. The molecule has 0 bridgehead atoms. The number of amides is 1. The standard InChI is InChI=1S/C15H24N2O3/c1-4-20-14-12(6-5-7-13(14)16)15(19)17-9-11(18)8-10(2)3/h5-7,10-11,18H,4,8-9,16H2,1-3H3,(H,17,19). The Hall–Kier alpha value is -1.75. The third-order valence-corrected chi connectivity index (χ3v) is 2.82. The second-order valence-corrected chi connectivity index (χ2v) is 5.15. The number of aliphatic hydroxyl groups is 1. The zero-order chi connectivity index (χ0) is 15.1. The van der Waals surface area contributed by atoms with Crippen LogP contribution in [0.3, 0.4) is 0 Å². The lowest BCUT2D eigenvalue weighted by atomic mass is 10.1. The van der Waals surface area contributed by atoms with E-state index < -0.39 is 6.10 Å². The van der Waals surface area contributed by atoms with Crippen molar-refractivity contribution < 1.29 is 14.6 Å². The van der Waals surface area contributed by atoms with Gasteiger partial charge in [0, 0.05) is 6.54 Å². The lowest BCUT2D eigenvalue weighted by Crippen LogP contribution is -2.33. The first-order valence-electron chi connectivity index (χ1n) is 6.93. The van der Waals surface area contributed by atoms with Crippen molar-refractivity contribution >= 4 is 11.6 Å². The highest BCUT2D eigenvalue weighted by molar-refractivity contribution is 5.98. The third-order valence-electron chi connectivity index (χ3n) is 2.82. The maximum Gasteiger partial charge on any atom is 0.255 e. The molecule has 5 heteroatoms. The fourth-order valence-corrected chi connectivity index (χ4v) is 1.97. The lowest BCUT2D eigenvalue weighted by molar-refractivity contribution is 0.0896. The van der Waals surface area contributed by atoms with Crippen LogP contribution >= 0.6 is 0 Å². The first-order valence-corrected chi connectivity index (χ1v) is 6.93. The van der Waals surface area contributed by atoms with Gasteiger partial charge in [0.15, 0.2) is 5.75 Å². The summed E-state index contributed by atoms with van der Waals surface area (Å²) < 4.78 is 5.41. The summed E-state index contributed by atoms with van der Waals surface area (Å²) in [5, 5.41) is 12.5. The van der Waals surface area contributed by atoms with Gasteiger partial charge in [-0.25, -0.2) is 0 Å². The van der Waals surface area contributed by atoms with Crippen molar-refractivity contribution in [3.05, 3.63) is 23.8 Å². The molecule has 0 fully saturated rings. The van der Waals surface area contributed by atoms with Crippen molar-refractivity contribution in [2.45, 2.75) is 33.3 Å². The van der Waals surface area contributed by atoms with Crippen LogP contribution in [0, 0.1) is 5.92 Å². The maximum absolute atomic E-state index is 12.1. The first-order chi connectivity index (χ1) is 9.45. The van der Waals surface area contributed by atoms with Crippen molar-refractivity contribution in [3.63, 3.8) is 0 Å². The quantitative estimate of drug-likeness (QED) is 0.665. The molecular weight excluding hydrogens is 256 g/mol. The van der Waals surface area contributed by atoms with Gasteiger partial charge >= 0.3 is 0 Å². The highest BCUT2D eigenvalue weighted by Crippen LogP contribution is 2.26. The molecular formula is C15H24N2O3. The second kappa shape index (κ2) is 7.75. The number of carbonyl (C=O) groups excluding carboxylic acids is 1. The molecule has 1 atom stereocenters. The van der Waals surface area contributed by atoms with Crippen LogP contribution in [0.4, 0.5) is 5.69 Å². The average Bonchev–Trinajstić information content (AvgIpc) is 2.37. The number of anilines is 1. The minimum absolute atomic E-state index is 0.220. The van der Waals surface area contributed by atoms with Gasteiger partial charge in [0.2, 0.25) is 0 Å². The molecule has 4 N–H and O–H groups in total. The van der Waals surface area contributed by atoms with Gasteiger partial charge in [-0.3, -0.25) is 4.79 Å². The Labute approximate surface area is 120 Å². The van der Waals surface area contributed by atoms with Crippen LogP contribution in [0.2, 0.25) is 0 Å². The maximum atomic E-state index is 12.1. The molecule has 0 spiro atoms. The number of rotatable bonds is 7. The minimum Gasteiger partial charge on any atom is -0.491 e. The number of carbonyl (C=O) groups is 1. The smallest absolute Gasteiger partial charge is 0.255 e. The van der Waals surface area contributed by atoms with E-state index in [4.69, 9.17) is 10.5 Å². The van der Waals surface area contributed by atoms with Crippen molar-refractivity contribution in [2.24, 2.45) is 5.92 Å². The van der Waals surface area contributed by atoms with Gasteiger partial charge < -0.3 is 20.9 Å². The highest BCUT2D eigenvalue weighted by atomic mass is 16.5. The molecule has 0 aliphatic rings. The zero-order valence-electron chi connectivity index (χ0n) is 12.3. The summed E-state index contributed by atoms with van der Waals surface area (Å²) in [6.07, 6.45) is 0.103. The Morgan fingerprint density at radius 3 is 2.75 bits per heavy atom. The molecule has 0 saturated heterocycles. The van der Waals surface area contributed by atoms with Gasteiger partial charge in [0.1, 0.15) is 0 Å². The highest BCUT2D eigenvalue weighted by Gasteiger charge is 2.16. The summed E-state index contributed by atoms with van der Waals surface area (Å²) in [6, 6.07) is 5.05. The van der Waals surface area contributed by atoms with Crippen LogP contribution in [-0.2, 0) is 0 Å². The first kappa shape index (κ1) is 16.3. The molecule has 1 unspecified atom stereocenters. The summed E-state index contributed by atoms with van der Waals surface area (Å²) in [6.45, 7) is 6.54. The normalized spacial score (nSPS) is 12.2. The van der Waals surface area contributed by atoms with Crippen LogP contribution in [0.15, 0.2) is 18.2 Å². The van der Waals surface area contributed by atoms with E-state index in [1.54, 1.807) is 18.2 Å². The summed E-state index contributed by atoms with van der Waals surface area (Å²) in [5.74, 6) is 0.489. The predicted octanol–water partition coefficient (Wildman–Crippen LogP) is 1.80. The molecule has 0 heterocycles. The number of para-hydroxylation sites is 1. The van der Waals surface area contributed by atoms with Crippen LogP contribution in [-0.4, -0.2) is 30.3 Å². The summed E-state index contributed by atoms with van der Waals surface area (Å²) in [4.78, 5) is 12.1. The molecule has 0 saturated carbocycles. The van der Waals surface area contributed by atoms with Gasteiger partial charge in [-0.05, 0) is 31.4 Å². The van der Waals surface area contributed by atoms with Crippen molar-refractivity contribution in [2.75, 3.05) is 18.9 Å². The van der Waals surface area contributed by atoms with E-state index in [-0.39, 0.29) is 12.5 Å². The fraction of sp³-hybridized carbons (Fsp3) is 0.533. The van der Waals surface area contributed by atoms with E-state index in [0.29, 0.717) is 35.9 Å². The minimum atomic E-state index is -0.546. The molecule has 0 radical (unpaired) electrons. The van der Waals surface area contributed by atoms with E-state index in [2.05, 4.69) is 5.32 Å². The van der Waals surface area contributed by atoms with E-state index in [0.717, 1.165) is 0 Å². The Morgan fingerprint density at radius 1 is 1.45 bits per heavy atom. The number of nitrogen functional groups attached to an aromatic ring is 1. The number of hydrogen-bond donors (Lipinski definition) is 3. The summed E-state index contributed by atoms with van der Waals surface area (Å²) >= 11 is 0. The number of nitrogens with two attached hydrogens (primary N) is 1. The number of ether oxygens (including phenoxy) is 1. The molecule has 0 aliphatic carbocycles. The fourth-order valence-electron chi connectivity index (χ4n) is 1.97.